The first kappa shape index (κ1) is 14.0. The van der Waals surface area contributed by atoms with Gasteiger partial charge >= 0.3 is 5.69 Å². The molecule has 19 heavy (non-hydrogen) atoms. The van der Waals surface area contributed by atoms with E-state index < -0.39 is 16.5 Å². The molecule has 0 atom stereocenters. The van der Waals surface area contributed by atoms with E-state index in [2.05, 4.69) is 29.6 Å². The maximum atomic E-state index is 12.7. The molecule has 0 aliphatic carbocycles. The Morgan fingerprint density at radius 3 is 2.00 bits per heavy atom. The van der Waals surface area contributed by atoms with Gasteiger partial charge in [0.15, 0.2) is 22.1 Å². The fraction of sp³-hybridized carbons (Fsp3) is 0.545. The van der Waals surface area contributed by atoms with E-state index in [0.717, 1.165) is 0 Å². The summed E-state index contributed by atoms with van der Waals surface area (Å²) in [6.07, 6.45) is 1.48. The van der Waals surface area contributed by atoms with Crippen molar-refractivity contribution in [2.75, 3.05) is 0 Å². The number of nitrogens with zero attached hydrogens (tertiary/aromatic N) is 3. The predicted molar refractivity (Wildman–Crippen MR) is 82.1 cm³/mol. The summed E-state index contributed by atoms with van der Waals surface area (Å²) in [6.45, 7) is 12.2. The molecular weight excluding hydrogens is 276 g/mol. The number of aromatic nitrogens is 4. The van der Waals surface area contributed by atoms with Gasteiger partial charge < -0.3 is 9.22 Å². The number of rotatable bonds is 2. The minimum atomic E-state index is -2.08. The highest BCUT2D eigenvalue weighted by atomic mass is 28.3. The minimum Gasteiger partial charge on any atom is -0.339 e. The normalized spacial score (nSPS) is 13.2. The summed E-state index contributed by atoms with van der Waals surface area (Å²) in [6, 6.07) is 0. The summed E-state index contributed by atoms with van der Waals surface area (Å²) >= 11 is 0. The van der Waals surface area contributed by atoms with E-state index in [9.17, 15) is 9.59 Å². The maximum absolute atomic E-state index is 12.7. The molecule has 0 aromatic carbocycles. The highest BCUT2D eigenvalue weighted by Crippen LogP contribution is 2.11. The van der Waals surface area contributed by atoms with Gasteiger partial charge in [-0.05, 0) is 0 Å². The Bertz CT molecular complexity index is 743. The summed E-state index contributed by atoms with van der Waals surface area (Å²) in [7, 11) is -4.03. The zero-order chi connectivity index (χ0) is 14.6. The Kier molecular flexibility index (Phi) is 2.98. The van der Waals surface area contributed by atoms with Crippen LogP contribution in [0.3, 0.4) is 0 Å². The van der Waals surface area contributed by atoms with Crippen molar-refractivity contribution in [3.8, 4) is 0 Å². The second-order valence-electron chi connectivity index (χ2n) is 6.70. The van der Waals surface area contributed by atoms with Crippen molar-refractivity contribution in [2.45, 2.75) is 39.3 Å². The van der Waals surface area contributed by atoms with Crippen molar-refractivity contribution in [1.29, 1.82) is 0 Å². The fourth-order valence-electron chi connectivity index (χ4n) is 2.20. The van der Waals surface area contributed by atoms with Crippen molar-refractivity contribution in [3.63, 3.8) is 0 Å². The largest absolute Gasteiger partial charge is 0.339 e. The van der Waals surface area contributed by atoms with E-state index in [0.29, 0.717) is 11.2 Å². The molecule has 6 nitrogen and oxygen atoms in total. The molecule has 0 saturated heterocycles. The number of fused-ring (bicyclic) bond motifs is 1. The number of hydrogen-bond donors (Lipinski definition) is 1. The van der Waals surface area contributed by atoms with Gasteiger partial charge in [0.2, 0.25) is 0 Å². The molecule has 2 heterocycles. The van der Waals surface area contributed by atoms with Crippen LogP contribution in [0.15, 0.2) is 15.9 Å². The molecular formula is C11H20N4O2Si2. The molecule has 0 aliphatic heterocycles. The average molecular weight is 296 g/mol. The Labute approximate surface area is 113 Å². The lowest BCUT2D eigenvalue weighted by molar-refractivity contribution is 0.887. The van der Waals surface area contributed by atoms with E-state index >= 15 is 0 Å². The van der Waals surface area contributed by atoms with E-state index in [1.54, 1.807) is 4.23 Å². The minimum absolute atomic E-state index is 0.206. The number of H-pyrrole nitrogens is 1. The van der Waals surface area contributed by atoms with Crippen LogP contribution in [0.25, 0.3) is 11.2 Å². The molecule has 0 amide bonds. The lowest BCUT2D eigenvalue weighted by Gasteiger charge is -2.25. The third-order valence-corrected chi connectivity index (χ3v) is 6.45. The van der Waals surface area contributed by atoms with Crippen molar-refractivity contribution >= 4 is 27.6 Å². The van der Waals surface area contributed by atoms with Crippen LogP contribution in [0.4, 0.5) is 0 Å². The quantitative estimate of drug-likeness (QED) is 0.848. The first-order chi connectivity index (χ1) is 8.55. The van der Waals surface area contributed by atoms with Gasteiger partial charge in [-0.15, -0.1) is 0 Å². The van der Waals surface area contributed by atoms with Crippen LogP contribution in [-0.2, 0) is 0 Å². The predicted octanol–water partition coefficient (Wildman–Crippen LogP) is 1.25. The third-order valence-electron chi connectivity index (χ3n) is 2.97. The molecule has 8 heteroatoms. The second-order valence-corrected chi connectivity index (χ2v) is 16.3. The molecule has 0 fully saturated rings. The molecule has 0 saturated carbocycles. The maximum Gasteiger partial charge on any atom is 0.316 e. The van der Waals surface area contributed by atoms with Crippen LogP contribution in [0.1, 0.15) is 0 Å². The Morgan fingerprint density at radius 2 is 1.53 bits per heavy atom. The van der Waals surface area contributed by atoms with E-state index in [4.69, 9.17) is 0 Å². The monoisotopic (exact) mass is 296 g/mol. The highest BCUT2D eigenvalue weighted by Gasteiger charge is 2.30. The fourth-order valence-corrected chi connectivity index (χ4v) is 5.17. The molecule has 1 N–H and O–H groups in total. The van der Waals surface area contributed by atoms with Gasteiger partial charge in [-0.3, -0.25) is 9.03 Å². The Balaban J connectivity index is 3.10. The molecule has 0 spiro atoms. The van der Waals surface area contributed by atoms with Crippen molar-refractivity contribution in [2.24, 2.45) is 0 Å². The third kappa shape index (κ3) is 2.14. The lowest BCUT2D eigenvalue weighted by atomic mass is 10.5. The highest BCUT2D eigenvalue weighted by molar-refractivity contribution is 6.76. The van der Waals surface area contributed by atoms with Gasteiger partial charge in [0.1, 0.15) is 5.52 Å². The number of aromatic amines is 1. The van der Waals surface area contributed by atoms with Crippen molar-refractivity contribution in [1.82, 2.24) is 18.4 Å². The van der Waals surface area contributed by atoms with Crippen molar-refractivity contribution < 1.29 is 0 Å². The average Bonchev–Trinajstić information content (AvgIpc) is 2.61. The van der Waals surface area contributed by atoms with E-state index in [-0.39, 0.29) is 11.2 Å². The van der Waals surface area contributed by atoms with Gasteiger partial charge in [0.05, 0.1) is 6.33 Å². The van der Waals surface area contributed by atoms with Crippen molar-refractivity contribution in [3.05, 3.63) is 27.2 Å². The van der Waals surface area contributed by atoms with Crippen LogP contribution in [0.2, 0.25) is 39.3 Å². The van der Waals surface area contributed by atoms with Gasteiger partial charge in [-0.2, -0.15) is 0 Å². The molecule has 2 rings (SSSR count). The van der Waals surface area contributed by atoms with Gasteiger partial charge in [0.25, 0.3) is 5.56 Å². The summed E-state index contributed by atoms with van der Waals surface area (Å²) in [5, 5.41) is 0. The number of imidazole rings is 1. The van der Waals surface area contributed by atoms with E-state index in [1.165, 1.54) is 10.6 Å². The number of hydrogen-bond acceptors (Lipinski definition) is 3. The molecule has 0 unspecified atom stereocenters. The molecule has 2 aromatic heterocycles. The van der Waals surface area contributed by atoms with Crippen LogP contribution in [0.5, 0.6) is 0 Å². The zero-order valence-corrected chi connectivity index (χ0v) is 14.2. The topological polar surface area (TPSA) is 72.7 Å². The Hall–Kier alpha value is -1.42. The molecule has 104 valence electrons. The first-order valence-electron chi connectivity index (χ1n) is 6.27. The first-order valence-corrected chi connectivity index (χ1v) is 13.2. The standard InChI is InChI=1S/C11H20N4O2Si2/c1-18(2,3)14-9-8(12-7-13-9)10(16)15(11(14)17)19(4,5)6/h7H,1-6H3,(H,12,13). The summed E-state index contributed by atoms with van der Waals surface area (Å²) < 4.78 is 3.18. The molecule has 2 aromatic rings. The van der Waals surface area contributed by atoms with E-state index in [1.807, 2.05) is 19.6 Å². The van der Waals surface area contributed by atoms with Gasteiger partial charge in [0, 0.05) is 0 Å². The summed E-state index contributed by atoms with van der Waals surface area (Å²) in [5.41, 5.74) is 0.474. The van der Waals surface area contributed by atoms with Gasteiger partial charge in [-0.25, -0.2) is 9.78 Å². The molecule has 0 radical (unpaired) electrons. The van der Waals surface area contributed by atoms with Crippen LogP contribution in [-0.4, -0.2) is 34.9 Å². The number of nitrogens with one attached hydrogen (secondary N) is 1. The zero-order valence-electron chi connectivity index (χ0n) is 12.2. The van der Waals surface area contributed by atoms with Crippen LogP contribution < -0.4 is 11.2 Å². The lowest BCUT2D eigenvalue weighted by Crippen LogP contribution is -2.56. The Morgan fingerprint density at radius 1 is 1.00 bits per heavy atom. The van der Waals surface area contributed by atoms with Gasteiger partial charge in [-0.1, -0.05) is 39.3 Å². The summed E-state index contributed by atoms with van der Waals surface area (Å²) in [5.74, 6) is 0. The molecule has 0 bridgehead atoms. The van der Waals surface area contributed by atoms with Crippen LogP contribution in [0, 0.1) is 0 Å². The van der Waals surface area contributed by atoms with Crippen LogP contribution >= 0.6 is 0 Å². The summed E-state index contributed by atoms with van der Waals surface area (Å²) in [4.78, 5) is 32.3. The smallest absolute Gasteiger partial charge is 0.316 e. The molecule has 0 aliphatic rings. The SMILES string of the molecule is C[Si](C)(C)n1c(=O)c2[nH]cnc2n([Si](C)(C)C)c1=O. The second kappa shape index (κ2) is 4.04.